The fourth-order valence-electron chi connectivity index (χ4n) is 2.88. The Balaban J connectivity index is 2.51. The topological polar surface area (TPSA) is 72.6 Å². The highest BCUT2D eigenvalue weighted by atomic mass is 32.2. The molecule has 1 aliphatic heterocycles. The first-order valence-electron chi connectivity index (χ1n) is 6.85. The second-order valence-electron chi connectivity index (χ2n) is 5.37. The van der Waals surface area contributed by atoms with E-state index in [1.165, 1.54) is 13.2 Å². The fourth-order valence-corrected chi connectivity index (χ4v) is 4.96. The van der Waals surface area contributed by atoms with Gasteiger partial charge in [-0.05, 0) is 44.9 Å². The summed E-state index contributed by atoms with van der Waals surface area (Å²) in [5.41, 5.74) is 6.16. The van der Waals surface area contributed by atoms with E-state index in [1.54, 1.807) is 16.4 Å². The van der Waals surface area contributed by atoms with E-state index in [9.17, 15) is 8.42 Å². The Morgan fingerprint density at radius 3 is 2.40 bits per heavy atom. The third kappa shape index (κ3) is 2.62. The first-order chi connectivity index (χ1) is 9.37. The van der Waals surface area contributed by atoms with Gasteiger partial charge in [0.1, 0.15) is 10.6 Å². The van der Waals surface area contributed by atoms with Crippen LogP contribution in [0.2, 0.25) is 0 Å². The lowest BCUT2D eigenvalue weighted by Crippen LogP contribution is -2.47. The molecule has 2 rings (SSSR count). The van der Waals surface area contributed by atoms with Crippen LogP contribution in [-0.4, -0.2) is 31.9 Å². The van der Waals surface area contributed by atoms with Gasteiger partial charge in [-0.2, -0.15) is 4.31 Å². The van der Waals surface area contributed by atoms with Gasteiger partial charge in [0.15, 0.2) is 0 Å². The first kappa shape index (κ1) is 15.1. The summed E-state index contributed by atoms with van der Waals surface area (Å²) in [6, 6.07) is 4.70. The zero-order valence-corrected chi connectivity index (χ0v) is 13.0. The highest BCUT2D eigenvalue weighted by Crippen LogP contribution is 2.34. The molecule has 5 nitrogen and oxygen atoms in total. The molecular formula is C14H22N2O3S. The minimum atomic E-state index is -3.60. The normalized spacial score (nSPS) is 24.6. The number of hydrogen-bond acceptors (Lipinski definition) is 4. The van der Waals surface area contributed by atoms with Crippen molar-refractivity contribution < 1.29 is 13.2 Å². The summed E-state index contributed by atoms with van der Waals surface area (Å²) < 4.78 is 32.6. The second-order valence-corrected chi connectivity index (χ2v) is 7.19. The van der Waals surface area contributed by atoms with Crippen LogP contribution < -0.4 is 10.5 Å². The second kappa shape index (κ2) is 5.61. The lowest BCUT2D eigenvalue weighted by atomic mass is 10.0. The van der Waals surface area contributed by atoms with E-state index in [2.05, 4.69) is 0 Å². The van der Waals surface area contributed by atoms with Crippen LogP contribution in [0.25, 0.3) is 0 Å². The van der Waals surface area contributed by atoms with Crippen molar-refractivity contribution in [2.24, 2.45) is 0 Å². The van der Waals surface area contributed by atoms with Crippen molar-refractivity contribution in [3.05, 3.63) is 18.2 Å². The molecule has 1 heterocycles. The number of nitrogens with zero attached hydrogens (tertiary/aromatic N) is 1. The highest BCUT2D eigenvalue weighted by Gasteiger charge is 2.37. The molecule has 112 valence electrons. The summed E-state index contributed by atoms with van der Waals surface area (Å²) in [6.45, 7) is 3.90. The van der Waals surface area contributed by atoms with Crippen LogP contribution >= 0.6 is 0 Å². The molecule has 1 saturated heterocycles. The maximum Gasteiger partial charge on any atom is 0.247 e. The summed E-state index contributed by atoms with van der Waals surface area (Å²) in [5.74, 6) is 0.337. The van der Waals surface area contributed by atoms with Crippen LogP contribution in [0.1, 0.15) is 33.1 Å². The number of anilines is 1. The van der Waals surface area contributed by atoms with Crippen LogP contribution in [-0.2, 0) is 10.0 Å². The van der Waals surface area contributed by atoms with Gasteiger partial charge >= 0.3 is 0 Å². The fraction of sp³-hybridized carbons (Fsp3) is 0.571. The third-order valence-corrected chi connectivity index (χ3v) is 6.01. The van der Waals surface area contributed by atoms with Crippen molar-refractivity contribution >= 4 is 15.7 Å². The van der Waals surface area contributed by atoms with Gasteiger partial charge in [-0.25, -0.2) is 8.42 Å². The van der Waals surface area contributed by atoms with E-state index >= 15 is 0 Å². The quantitative estimate of drug-likeness (QED) is 0.869. The molecule has 0 spiro atoms. The molecule has 0 saturated carbocycles. The van der Waals surface area contributed by atoms with Gasteiger partial charge in [0, 0.05) is 17.8 Å². The number of methoxy groups -OCH3 is 1. The molecular weight excluding hydrogens is 276 g/mol. The number of nitrogen functional groups attached to an aromatic ring is 1. The van der Waals surface area contributed by atoms with Crippen molar-refractivity contribution in [3.8, 4) is 5.75 Å². The molecule has 1 aliphatic rings. The molecule has 1 fully saturated rings. The standard InChI is InChI=1S/C14H22N2O3S/c1-10-5-4-6-11(2)16(10)20(17,18)14-9-12(15)7-8-13(14)19-3/h7-11H,4-6,15H2,1-3H3. The lowest BCUT2D eigenvalue weighted by Gasteiger charge is -2.37. The van der Waals surface area contributed by atoms with E-state index in [-0.39, 0.29) is 17.0 Å². The smallest absolute Gasteiger partial charge is 0.247 e. The molecule has 0 radical (unpaired) electrons. The van der Waals surface area contributed by atoms with Gasteiger partial charge in [-0.15, -0.1) is 0 Å². The van der Waals surface area contributed by atoms with Crippen molar-refractivity contribution in [3.63, 3.8) is 0 Å². The molecule has 1 aromatic carbocycles. The summed E-state index contributed by atoms with van der Waals surface area (Å²) in [6.07, 6.45) is 2.82. The Morgan fingerprint density at radius 1 is 1.25 bits per heavy atom. The summed E-state index contributed by atoms with van der Waals surface area (Å²) in [7, 11) is -2.13. The molecule has 2 N–H and O–H groups in total. The summed E-state index contributed by atoms with van der Waals surface area (Å²) in [5, 5.41) is 0. The Hall–Kier alpha value is -1.27. The van der Waals surface area contributed by atoms with Gasteiger partial charge in [0.25, 0.3) is 0 Å². The largest absolute Gasteiger partial charge is 0.495 e. The average molecular weight is 298 g/mol. The van der Waals surface area contributed by atoms with E-state index in [4.69, 9.17) is 10.5 Å². The van der Waals surface area contributed by atoms with Gasteiger partial charge < -0.3 is 10.5 Å². The van der Waals surface area contributed by atoms with Gasteiger partial charge in [0.2, 0.25) is 10.0 Å². The predicted octanol–water partition coefficient (Wildman–Crippen LogP) is 2.23. The van der Waals surface area contributed by atoms with E-state index in [1.807, 2.05) is 13.8 Å². The Labute approximate surface area is 120 Å². The maximum atomic E-state index is 12.9. The molecule has 20 heavy (non-hydrogen) atoms. The molecule has 1 aromatic rings. The molecule has 0 aromatic heterocycles. The Kier molecular flexibility index (Phi) is 4.25. The van der Waals surface area contributed by atoms with Crippen LogP contribution in [0.3, 0.4) is 0 Å². The van der Waals surface area contributed by atoms with Crippen LogP contribution in [0.4, 0.5) is 5.69 Å². The Bertz CT molecular complexity index is 576. The van der Waals surface area contributed by atoms with Crippen molar-refractivity contribution in [1.29, 1.82) is 0 Å². The number of benzene rings is 1. The average Bonchev–Trinajstić information content (AvgIpc) is 2.38. The van der Waals surface area contributed by atoms with Gasteiger partial charge in [-0.1, -0.05) is 6.42 Å². The van der Waals surface area contributed by atoms with Gasteiger partial charge in [0.05, 0.1) is 7.11 Å². The SMILES string of the molecule is COc1ccc(N)cc1S(=O)(=O)N1C(C)CCCC1C. The minimum Gasteiger partial charge on any atom is -0.495 e. The number of sulfonamides is 1. The lowest BCUT2D eigenvalue weighted by molar-refractivity contribution is 0.203. The number of piperidine rings is 1. The number of hydrogen-bond donors (Lipinski definition) is 1. The van der Waals surface area contributed by atoms with E-state index < -0.39 is 10.0 Å². The third-order valence-electron chi connectivity index (χ3n) is 3.86. The number of rotatable bonds is 3. The maximum absolute atomic E-state index is 12.9. The summed E-state index contributed by atoms with van der Waals surface area (Å²) in [4.78, 5) is 0.153. The molecule has 6 heteroatoms. The van der Waals surface area contributed by atoms with E-state index in [0.29, 0.717) is 11.4 Å². The molecule has 2 unspecified atom stereocenters. The number of nitrogens with two attached hydrogens (primary N) is 1. The molecule has 0 bridgehead atoms. The van der Waals surface area contributed by atoms with Crippen LogP contribution in [0.15, 0.2) is 23.1 Å². The predicted molar refractivity (Wildman–Crippen MR) is 79.2 cm³/mol. The van der Waals surface area contributed by atoms with Crippen LogP contribution in [0, 0.1) is 0 Å². The van der Waals surface area contributed by atoms with Crippen molar-refractivity contribution in [2.45, 2.75) is 50.1 Å². The monoisotopic (exact) mass is 298 g/mol. The van der Waals surface area contributed by atoms with Crippen molar-refractivity contribution in [2.75, 3.05) is 12.8 Å². The molecule has 0 aliphatic carbocycles. The highest BCUT2D eigenvalue weighted by molar-refractivity contribution is 7.89. The zero-order valence-electron chi connectivity index (χ0n) is 12.2. The zero-order chi connectivity index (χ0) is 14.9. The number of ether oxygens (including phenoxy) is 1. The van der Waals surface area contributed by atoms with E-state index in [0.717, 1.165) is 19.3 Å². The minimum absolute atomic E-state index is 0.00473. The van der Waals surface area contributed by atoms with Crippen LogP contribution in [0.5, 0.6) is 5.75 Å². The summed E-state index contributed by atoms with van der Waals surface area (Å²) >= 11 is 0. The Morgan fingerprint density at radius 2 is 1.85 bits per heavy atom. The molecule has 2 atom stereocenters. The van der Waals surface area contributed by atoms with Crippen molar-refractivity contribution in [1.82, 2.24) is 4.31 Å². The molecule has 0 amide bonds. The van der Waals surface area contributed by atoms with Gasteiger partial charge in [-0.3, -0.25) is 0 Å². The first-order valence-corrected chi connectivity index (χ1v) is 8.29.